The normalized spacial score (nSPS) is 43.9. The second-order valence-corrected chi connectivity index (χ2v) is 3.37. The highest BCUT2D eigenvalue weighted by molar-refractivity contribution is 4.89. The van der Waals surface area contributed by atoms with Crippen molar-refractivity contribution < 1.29 is 24.4 Å². The topological polar surface area (TPSA) is 68.2 Å². The molecule has 1 fully saturated rings. The molecule has 0 aromatic heterocycles. The van der Waals surface area contributed by atoms with Crippen LogP contribution in [0.5, 0.6) is 0 Å². The molecule has 1 saturated heterocycles. The number of aliphatic hydroxyl groups excluding tert-OH is 2. The van der Waals surface area contributed by atoms with Gasteiger partial charge in [-0.2, -0.15) is 0 Å². The first-order valence-corrected chi connectivity index (χ1v) is 4.72. The quantitative estimate of drug-likeness (QED) is 0.652. The van der Waals surface area contributed by atoms with Crippen molar-refractivity contribution in [3.63, 3.8) is 0 Å². The molecule has 0 radical (unpaired) electrons. The fourth-order valence-electron chi connectivity index (χ4n) is 1.72. The fraction of sp³-hybridized carbons (Fsp3) is 1.00. The number of ether oxygens (including phenoxy) is 3. The van der Waals surface area contributed by atoms with E-state index in [1.807, 2.05) is 6.92 Å². The van der Waals surface area contributed by atoms with Crippen molar-refractivity contribution in [1.29, 1.82) is 0 Å². The van der Waals surface area contributed by atoms with E-state index in [2.05, 4.69) is 0 Å². The number of hydrogen-bond acceptors (Lipinski definition) is 5. The average Bonchev–Trinajstić information content (AvgIpc) is 2.21. The summed E-state index contributed by atoms with van der Waals surface area (Å²) in [6, 6.07) is 0. The minimum atomic E-state index is -1.06. The molecule has 1 aliphatic heterocycles. The van der Waals surface area contributed by atoms with Crippen LogP contribution in [-0.4, -0.2) is 55.1 Å². The molecule has 14 heavy (non-hydrogen) atoms. The van der Waals surface area contributed by atoms with Crippen molar-refractivity contribution >= 4 is 0 Å². The lowest BCUT2D eigenvalue weighted by Gasteiger charge is -2.41. The summed E-state index contributed by atoms with van der Waals surface area (Å²) in [6.07, 6.45) is -2.86. The van der Waals surface area contributed by atoms with E-state index in [1.54, 1.807) is 0 Å². The molecule has 0 aromatic rings. The predicted molar refractivity (Wildman–Crippen MR) is 48.8 cm³/mol. The van der Waals surface area contributed by atoms with Crippen LogP contribution in [0, 0.1) is 0 Å². The van der Waals surface area contributed by atoms with Gasteiger partial charge < -0.3 is 24.4 Å². The van der Waals surface area contributed by atoms with Crippen LogP contribution in [0.15, 0.2) is 0 Å². The van der Waals surface area contributed by atoms with Crippen LogP contribution in [-0.2, 0) is 14.2 Å². The predicted octanol–water partition coefficient (Wildman–Crippen LogP) is -0.496. The third kappa shape index (κ3) is 2.07. The molecular formula is C9H18O5. The van der Waals surface area contributed by atoms with Gasteiger partial charge in [0.25, 0.3) is 0 Å². The number of methoxy groups -OCH3 is 2. The van der Waals surface area contributed by atoms with Crippen LogP contribution in [0.3, 0.4) is 0 Å². The van der Waals surface area contributed by atoms with Crippen molar-refractivity contribution in [2.45, 2.75) is 44.1 Å². The second kappa shape index (κ2) is 5.04. The Kier molecular flexibility index (Phi) is 4.28. The lowest BCUT2D eigenvalue weighted by molar-refractivity contribution is -0.293. The van der Waals surface area contributed by atoms with E-state index >= 15 is 0 Å². The average molecular weight is 206 g/mol. The molecule has 1 heterocycles. The van der Waals surface area contributed by atoms with Crippen LogP contribution in [0.4, 0.5) is 0 Å². The minimum absolute atomic E-state index is 0.247. The number of hydrogen-bond donors (Lipinski definition) is 2. The maximum Gasteiger partial charge on any atom is 0.186 e. The van der Waals surface area contributed by atoms with Gasteiger partial charge in [0.2, 0.25) is 0 Å². The first kappa shape index (κ1) is 11.9. The van der Waals surface area contributed by atoms with Crippen molar-refractivity contribution in [1.82, 2.24) is 0 Å². The zero-order valence-corrected chi connectivity index (χ0v) is 8.71. The number of aliphatic hydroxyl groups is 2. The standard InChI is InChI=1S/C9H18O5/c1-4-5-8(12-2)6(10)7(11)9(13-3)14-5/h5-11H,4H2,1-3H3/t5?,6-,7?,8-,9+/m1/s1. The zero-order valence-electron chi connectivity index (χ0n) is 8.71. The molecule has 0 bridgehead atoms. The van der Waals surface area contributed by atoms with Crippen LogP contribution in [0.25, 0.3) is 0 Å². The Labute approximate surface area is 83.6 Å². The number of rotatable bonds is 3. The minimum Gasteiger partial charge on any atom is -0.387 e. The summed E-state index contributed by atoms with van der Waals surface area (Å²) in [5.74, 6) is 0. The van der Waals surface area contributed by atoms with Crippen molar-refractivity contribution in [3.05, 3.63) is 0 Å². The van der Waals surface area contributed by atoms with Crippen molar-refractivity contribution in [2.24, 2.45) is 0 Å². The first-order chi connectivity index (χ1) is 6.65. The lowest BCUT2D eigenvalue weighted by Crippen LogP contribution is -2.58. The second-order valence-electron chi connectivity index (χ2n) is 3.37. The summed E-state index contributed by atoms with van der Waals surface area (Å²) in [5.41, 5.74) is 0. The van der Waals surface area contributed by atoms with Gasteiger partial charge >= 0.3 is 0 Å². The van der Waals surface area contributed by atoms with Gasteiger partial charge in [-0.25, -0.2) is 0 Å². The van der Waals surface area contributed by atoms with E-state index in [4.69, 9.17) is 14.2 Å². The highest BCUT2D eigenvalue weighted by atomic mass is 16.7. The molecule has 0 aromatic carbocycles. The third-order valence-electron chi connectivity index (χ3n) is 2.55. The lowest BCUT2D eigenvalue weighted by atomic mass is 9.97. The molecule has 0 saturated carbocycles. The summed E-state index contributed by atoms with van der Waals surface area (Å²) < 4.78 is 15.4. The maximum absolute atomic E-state index is 9.71. The van der Waals surface area contributed by atoms with E-state index in [9.17, 15) is 10.2 Å². The highest BCUT2D eigenvalue weighted by Gasteiger charge is 2.44. The maximum atomic E-state index is 9.71. The van der Waals surface area contributed by atoms with Gasteiger partial charge in [-0.05, 0) is 6.42 Å². The molecule has 0 amide bonds. The third-order valence-corrected chi connectivity index (χ3v) is 2.55. The van der Waals surface area contributed by atoms with Crippen LogP contribution in [0.2, 0.25) is 0 Å². The van der Waals surface area contributed by atoms with Crippen LogP contribution >= 0.6 is 0 Å². The Morgan fingerprint density at radius 2 is 1.79 bits per heavy atom. The zero-order chi connectivity index (χ0) is 10.7. The molecular weight excluding hydrogens is 188 g/mol. The Hall–Kier alpha value is -0.200. The van der Waals surface area contributed by atoms with E-state index in [1.165, 1.54) is 14.2 Å². The molecule has 5 atom stereocenters. The Balaban J connectivity index is 2.71. The van der Waals surface area contributed by atoms with Gasteiger partial charge in [-0.1, -0.05) is 6.92 Å². The van der Waals surface area contributed by atoms with Crippen molar-refractivity contribution in [3.8, 4) is 0 Å². The molecule has 0 spiro atoms. The summed E-state index contributed by atoms with van der Waals surface area (Å²) in [6.45, 7) is 1.92. The highest BCUT2D eigenvalue weighted by Crippen LogP contribution is 2.25. The summed E-state index contributed by atoms with van der Waals surface area (Å²) in [5, 5.41) is 19.3. The summed E-state index contributed by atoms with van der Waals surface area (Å²) in [7, 11) is 2.92. The molecule has 5 nitrogen and oxygen atoms in total. The van der Waals surface area contributed by atoms with Gasteiger partial charge in [0, 0.05) is 14.2 Å². The first-order valence-electron chi connectivity index (χ1n) is 4.72. The molecule has 2 N–H and O–H groups in total. The van der Waals surface area contributed by atoms with Gasteiger partial charge in [0.05, 0.1) is 6.10 Å². The molecule has 1 aliphatic rings. The SMILES string of the molecule is CCC1O[C@H](OC)C(O)[C@@H](O)[C@@H]1OC. The largest absolute Gasteiger partial charge is 0.387 e. The smallest absolute Gasteiger partial charge is 0.186 e. The monoisotopic (exact) mass is 206 g/mol. The van der Waals surface area contributed by atoms with Crippen LogP contribution in [0.1, 0.15) is 13.3 Å². The van der Waals surface area contributed by atoms with E-state index < -0.39 is 24.6 Å². The Bertz CT molecular complexity index is 173. The van der Waals surface area contributed by atoms with E-state index in [-0.39, 0.29) is 6.10 Å². The van der Waals surface area contributed by atoms with Gasteiger partial charge in [-0.15, -0.1) is 0 Å². The molecule has 0 aliphatic carbocycles. The summed E-state index contributed by atoms with van der Waals surface area (Å²) in [4.78, 5) is 0. The Morgan fingerprint density at radius 1 is 1.14 bits per heavy atom. The van der Waals surface area contributed by atoms with Gasteiger partial charge in [0.15, 0.2) is 6.29 Å². The van der Waals surface area contributed by atoms with Gasteiger partial charge in [-0.3, -0.25) is 0 Å². The van der Waals surface area contributed by atoms with Crippen LogP contribution < -0.4 is 0 Å². The van der Waals surface area contributed by atoms with Crippen molar-refractivity contribution in [2.75, 3.05) is 14.2 Å². The molecule has 5 heteroatoms. The molecule has 1 rings (SSSR count). The molecule has 84 valence electrons. The van der Waals surface area contributed by atoms with E-state index in [0.717, 1.165) is 0 Å². The molecule has 2 unspecified atom stereocenters. The summed E-state index contributed by atoms with van der Waals surface area (Å²) >= 11 is 0. The fourth-order valence-corrected chi connectivity index (χ4v) is 1.72. The van der Waals surface area contributed by atoms with E-state index in [0.29, 0.717) is 6.42 Å². The Morgan fingerprint density at radius 3 is 2.21 bits per heavy atom. The van der Waals surface area contributed by atoms with Gasteiger partial charge in [0.1, 0.15) is 18.3 Å².